The number of ether oxygens (including phenoxy) is 1. The van der Waals surface area contributed by atoms with Gasteiger partial charge in [0, 0.05) is 5.92 Å². The lowest BCUT2D eigenvalue weighted by molar-refractivity contribution is -0.126. The Morgan fingerprint density at radius 2 is 1.73 bits per heavy atom. The number of nitriles is 3. The Kier molecular flexibility index (Phi) is 4.45. The molecule has 0 aromatic heterocycles. The van der Waals surface area contributed by atoms with Crippen LogP contribution in [0, 0.1) is 51.2 Å². The van der Waals surface area contributed by atoms with Crippen molar-refractivity contribution in [1.29, 1.82) is 15.8 Å². The van der Waals surface area contributed by atoms with Crippen LogP contribution in [-0.4, -0.2) is 12.3 Å². The summed E-state index contributed by atoms with van der Waals surface area (Å²) in [4.78, 5) is 0. The molecule has 0 spiro atoms. The standard InChI is InChI=1S/C19H14F2N4O/c20-18(21)26-13-5-3-12(4-6-13)16-7-14(11-1-2-11)15(8-22)17(25)19(16,9-23)10-24/h3-7,11,15-16,18,25H,1-2H2/p+1/t15-,16+/m0/s1. The van der Waals surface area contributed by atoms with Gasteiger partial charge in [0.2, 0.25) is 11.1 Å². The predicted molar refractivity (Wildman–Crippen MR) is 86.3 cm³/mol. The molecule has 0 aliphatic heterocycles. The van der Waals surface area contributed by atoms with E-state index in [0.717, 1.165) is 18.4 Å². The van der Waals surface area contributed by atoms with Gasteiger partial charge in [0.1, 0.15) is 11.7 Å². The van der Waals surface area contributed by atoms with Gasteiger partial charge in [-0.25, -0.2) is 0 Å². The Bertz CT molecular complexity index is 868. The molecular formula is C19H15F2N4O+. The monoisotopic (exact) mass is 353 g/mol. The SMILES string of the molecule is N#C[C@@H]1C(=[NH2+])C(C#N)(C#N)[C@@H](c2ccc(OC(F)F)cc2)C=C1C1CC1. The van der Waals surface area contributed by atoms with E-state index in [0.29, 0.717) is 5.56 Å². The van der Waals surface area contributed by atoms with Gasteiger partial charge in [-0.1, -0.05) is 18.2 Å². The molecule has 130 valence electrons. The van der Waals surface area contributed by atoms with E-state index in [1.165, 1.54) is 24.3 Å². The Morgan fingerprint density at radius 1 is 1.12 bits per heavy atom. The van der Waals surface area contributed by atoms with E-state index >= 15 is 0 Å². The van der Waals surface area contributed by atoms with Gasteiger partial charge in [0.25, 0.3) is 0 Å². The summed E-state index contributed by atoms with van der Waals surface area (Å²) in [7, 11) is 0. The van der Waals surface area contributed by atoms with E-state index in [2.05, 4.69) is 10.8 Å². The van der Waals surface area contributed by atoms with E-state index in [4.69, 9.17) is 5.41 Å². The van der Waals surface area contributed by atoms with Crippen molar-refractivity contribution in [2.45, 2.75) is 25.4 Å². The number of alkyl halides is 2. The third kappa shape index (κ3) is 2.80. The lowest BCUT2D eigenvalue weighted by atomic mass is 9.61. The Hall–Kier alpha value is -3.24. The van der Waals surface area contributed by atoms with Gasteiger partial charge < -0.3 is 4.74 Å². The van der Waals surface area contributed by atoms with Gasteiger partial charge in [-0.3, -0.25) is 5.41 Å². The number of hydrogen-bond acceptors (Lipinski definition) is 4. The molecule has 7 heteroatoms. The van der Waals surface area contributed by atoms with E-state index in [1.807, 2.05) is 12.1 Å². The van der Waals surface area contributed by atoms with Gasteiger partial charge in [-0.2, -0.15) is 24.6 Å². The van der Waals surface area contributed by atoms with Crippen LogP contribution in [0.2, 0.25) is 0 Å². The van der Waals surface area contributed by atoms with Gasteiger partial charge in [0.15, 0.2) is 0 Å². The zero-order valence-electron chi connectivity index (χ0n) is 13.7. The van der Waals surface area contributed by atoms with E-state index in [1.54, 1.807) is 6.08 Å². The number of hydrogen-bond donors (Lipinski definition) is 1. The molecule has 1 saturated carbocycles. The molecule has 26 heavy (non-hydrogen) atoms. The summed E-state index contributed by atoms with van der Waals surface area (Å²) in [6, 6.07) is 11.9. The fourth-order valence-corrected chi connectivity index (χ4v) is 3.43. The highest BCUT2D eigenvalue weighted by atomic mass is 19.3. The zero-order valence-corrected chi connectivity index (χ0v) is 13.7. The molecule has 1 aromatic carbocycles. The zero-order chi connectivity index (χ0) is 18.9. The number of benzene rings is 1. The number of nitrogens with two attached hydrogens (primary N) is 1. The van der Waals surface area contributed by atoms with Crippen LogP contribution in [0.4, 0.5) is 8.78 Å². The van der Waals surface area contributed by atoms with Crippen molar-refractivity contribution in [1.82, 2.24) is 0 Å². The molecule has 1 fully saturated rings. The van der Waals surface area contributed by atoms with Crippen LogP contribution in [0.15, 0.2) is 35.9 Å². The first-order valence-corrected chi connectivity index (χ1v) is 8.08. The molecule has 0 radical (unpaired) electrons. The van der Waals surface area contributed by atoms with Crippen molar-refractivity contribution in [2.75, 3.05) is 0 Å². The maximum Gasteiger partial charge on any atom is 0.387 e. The molecular weight excluding hydrogens is 338 g/mol. The van der Waals surface area contributed by atoms with E-state index < -0.39 is 23.9 Å². The lowest BCUT2D eigenvalue weighted by Gasteiger charge is -2.33. The second kappa shape index (κ2) is 6.58. The van der Waals surface area contributed by atoms with Gasteiger partial charge in [-0.05, 0) is 42.0 Å². The van der Waals surface area contributed by atoms with Crippen LogP contribution >= 0.6 is 0 Å². The summed E-state index contributed by atoms with van der Waals surface area (Å²) in [5.41, 5.74) is -0.243. The van der Waals surface area contributed by atoms with Gasteiger partial charge in [-0.15, -0.1) is 0 Å². The van der Waals surface area contributed by atoms with Crippen LogP contribution < -0.4 is 10.1 Å². The van der Waals surface area contributed by atoms with E-state index in [9.17, 15) is 24.6 Å². The molecule has 2 aliphatic rings. The average molecular weight is 353 g/mol. The highest BCUT2D eigenvalue weighted by molar-refractivity contribution is 5.99. The first-order valence-electron chi connectivity index (χ1n) is 8.08. The number of allylic oxidation sites excluding steroid dienone is 2. The van der Waals surface area contributed by atoms with Crippen LogP contribution in [-0.2, 0) is 0 Å². The number of halogens is 2. The highest BCUT2D eigenvalue weighted by Crippen LogP contribution is 2.50. The van der Waals surface area contributed by atoms with Crippen molar-refractivity contribution in [3.8, 4) is 24.0 Å². The van der Waals surface area contributed by atoms with Gasteiger partial charge >= 0.3 is 6.61 Å². The molecule has 2 atom stereocenters. The van der Waals surface area contributed by atoms with Crippen molar-refractivity contribution in [3.05, 3.63) is 41.5 Å². The van der Waals surface area contributed by atoms with Crippen molar-refractivity contribution < 1.29 is 18.9 Å². The topological polar surface area (TPSA) is 106 Å². The summed E-state index contributed by atoms with van der Waals surface area (Å²) in [6.07, 6.45) is 3.67. The summed E-state index contributed by atoms with van der Waals surface area (Å²) >= 11 is 0. The summed E-state index contributed by atoms with van der Waals surface area (Å²) < 4.78 is 29.0. The molecule has 0 heterocycles. The second-order valence-corrected chi connectivity index (χ2v) is 6.42. The minimum Gasteiger partial charge on any atom is -0.435 e. The Balaban J connectivity index is 2.08. The number of nitrogens with zero attached hydrogens (tertiary/aromatic N) is 3. The third-order valence-electron chi connectivity index (χ3n) is 4.92. The Labute approximate surface area is 149 Å². The third-order valence-corrected chi connectivity index (χ3v) is 4.92. The first kappa shape index (κ1) is 17.6. The lowest BCUT2D eigenvalue weighted by Crippen LogP contribution is -2.57. The molecule has 0 saturated heterocycles. The predicted octanol–water partition coefficient (Wildman–Crippen LogP) is 2.10. The van der Waals surface area contributed by atoms with Crippen molar-refractivity contribution in [2.24, 2.45) is 17.3 Å². The maximum atomic E-state index is 12.3. The smallest absolute Gasteiger partial charge is 0.387 e. The molecule has 5 nitrogen and oxygen atoms in total. The molecule has 3 rings (SSSR count). The fraction of sp³-hybridized carbons (Fsp3) is 0.368. The second-order valence-electron chi connectivity index (χ2n) is 6.42. The van der Waals surface area contributed by atoms with Gasteiger partial charge in [0.05, 0.1) is 18.2 Å². The minimum atomic E-state index is -2.94. The van der Waals surface area contributed by atoms with Crippen LogP contribution in [0.25, 0.3) is 0 Å². The summed E-state index contributed by atoms with van der Waals surface area (Å²) in [5, 5.41) is 35.1. The summed E-state index contributed by atoms with van der Waals surface area (Å²) in [5.74, 6) is -1.23. The molecule has 1 aromatic rings. The molecule has 0 bridgehead atoms. The van der Waals surface area contributed by atoms with Crippen molar-refractivity contribution in [3.63, 3.8) is 0 Å². The van der Waals surface area contributed by atoms with Crippen molar-refractivity contribution >= 4 is 5.71 Å². The molecule has 2 aliphatic carbocycles. The maximum absolute atomic E-state index is 12.3. The summed E-state index contributed by atoms with van der Waals surface area (Å²) in [6.45, 7) is -2.94. The fourth-order valence-electron chi connectivity index (χ4n) is 3.43. The quantitative estimate of drug-likeness (QED) is 0.837. The molecule has 0 amide bonds. The van der Waals surface area contributed by atoms with E-state index in [-0.39, 0.29) is 17.4 Å². The molecule has 0 unspecified atom stereocenters. The Morgan fingerprint density at radius 3 is 2.19 bits per heavy atom. The van der Waals surface area contributed by atoms with Crippen LogP contribution in [0.1, 0.15) is 24.3 Å². The number of rotatable bonds is 4. The normalized spacial score (nSPS) is 24.2. The van der Waals surface area contributed by atoms with Crippen LogP contribution in [0.5, 0.6) is 5.75 Å². The van der Waals surface area contributed by atoms with Crippen LogP contribution in [0.3, 0.4) is 0 Å². The average Bonchev–Trinajstić information content (AvgIpc) is 3.46. The largest absolute Gasteiger partial charge is 0.435 e. The first-order chi connectivity index (χ1) is 12.5. The highest BCUT2D eigenvalue weighted by Gasteiger charge is 2.56. The molecule has 2 N–H and O–H groups in total. The minimum absolute atomic E-state index is 0.0164.